The van der Waals surface area contributed by atoms with Crippen molar-refractivity contribution in [2.24, 2.45) is 5.92 Å². The molecule has 2 heterocycles. The third kappa shape index (κ3) is 2.29. The van der Waals surface area contributed by atoms with E-state index in [0.29, 0.717) is 16.8 Å². The Labute approximate surface area is 112 Å². The van der Waals surface area contributed by atoms with Gasteiger partial charge in [-0.2, -0.15) is 0 Å². The summed E-state index contributed by atoms with van der Waals surface area (Å²) < 4.78 is 0. The summed E-state index contributed by atoms with van der Waals surface area (Å²) in [6.45, 7) is 3.30. The summed E-state index contributed by atoms with van der Waals surface area (Å²) in [7, 11) is 0. The first kappa shape index (κ1) is 11.8. The number of halogens is 1. The van der Waals surface area contributed by atoms with Crippen molar-refractivity contribution in [3.05, 3.63) is 23.5 Å². The van der Waals surface area contributed by atoms with Crippen molar-refractivity contribution in [1.29, 1.82) is 0 Å². The first-order valence-electron chi connectivity index (χ1n) is 6.39. The lowest BCUT2D eigenvalue weighted by molar-refractivity contribution is -0.132. The van der Waals surface area contributed by atoms with E-state index in [-0.39, 0.29) is 0 Å². The maximum atomic E-state index is 11.9. The number of pyridine rings is 1. The molecule has 1 amide bonds. The molecule has 0 spiro atoms. The number of anilines is 1. The van der Waals surface area contributed by atoms with Crippen LogP contribution in [0.3, 0.4) is 0 Å². The molecule has 1 saturated carbocycles. The number of aromatic nitrogens is 1. The number of amides is 1. The zero-order valence-electron chi connectivity index (χ0n) is 10.2. The molecule has 0 bridgehead atoms. The number of carbonyl (C=O) groups is 1. The van der Waals surface area contributed by atoms with Crippen LogP contribution in [0.15, 0.2) is 18.5 Å². The van der Waals surface area contributed by atoms with Crippen molar-refractivity contribution in [2.45, 2.75) is 12.8 Å². The quantitative estimate of drug-likeness (QED) is 0.818. The molecule has 0 unspecified atom stereocenters. The average molecular weight is 266 g/mol. The van der Waals surface area contributed by atoms with Gasteiger partial charge in [0.15, 0.2) is 0 Å². The lowest BCUT2D eigenvalue weighted by atomic mass is 10.2. The summed E-state index contributed by atoms with van der Waals surface area (Å²) in [5.74, 6) is 0.663. The van der Waals surface area contributed by atoms with Gasteiger partial charge in [-0.05, 0) is 18.9 Å². The van der Waals surface area contributed by atoms with Gasteiger partial charge in [-0.3, -0.25) is 9.78 Å². The Morgan fingerprint density at radius 3 is 2.61 bits per heavy atom. The predicted molar refractivity (Wildman–Crippen MR) is 70.8 cm³/mol. The van der Waals surface area contributed by atoms with Gasteiger partial charge in [0.05, 0.1) is 10.7 Å². The van der Waals surface area contributed by atoms with Crippen molar-refractivity contribution < 1.29 is 4.79 Å². The zero-order valence-corrected chi connectivity index (χ0v) is 10.9. The van der Waals surface area contributed by atoms with E-state index in [1.54, 1.807) is 12.4 Å². The summed E-state index contributed by atoms with van der Waals surface area (Å²) in [4.78, 5) is 20.1. The maximum Gasteiger partial charge on any atom is 0.225 e. The van der Waals surface area contributed by atoms with E-state index in [0.717, 1.165) is 44.7 Å². The van der Waals surface area contributed by atoms with E-state index in [4.69, 9.17) is 11.6 Å². The van der Waals surface area contributed by atoms with Crippen LogP contribution in [-0.2, 0) is 4.79 Å². The Morgan fingerprint density at radius 2 is 2.00 bits per heavy atom. The Balaban J connectivity index is 1.63. The van der Waals surface area contributed by atoms with Gasteiger partial charge in [0, 0.05) is 44.5 Å². The Kier molecular flexibility index (Phi) is 3.12. The average Bonchev–Trinajstić information content (AvgIpc) is 3.23. The SMILES string of the molecule is O=C(C1CC1)N1CCN(c2ccncc2Cl)CC1. The number of piperazine rings is 1. The van der Waals surface area contributed by atoms with Crippen molar-refractivity contribution in [2.75, 3.05) is 31.1 Å². The summed E-state index contributed by atoms with van der Waals surface area (Å²) in [5.41, 5.74) is 1.02. The topological polar surface area (TPSA) is 36.4 Å². The molecule has 1 aromatic heterocycles. The highest BCUT2D eigenvalue weighted by atomic mass is 35.5. The van der Waals surface area contributed by atoms with Gasteiger partial charge in [-0.1, -0.05) is 11.6 Å². The second kappa shape index (κ2) is 4.76. The maximum absolute atomic E-state index is 11.9. The Morgan fingerprint density at radius 1 is 1.28 bits per heavy atom. The summed E-state index contributed by atoms with van der Waals surface area (Å²) in [6.07, 6.45) is 5.58. The predicted octanol–water partition coefficient (Wildman–Crippen LogP) is 1.79. The van der Waals surface area contributed by atoms with E-state index >= 15 is 0 Å². The van der Waals surface area contributed by atoms with Gasteiger partial charge in [-0.25, -0.2) is 0 Å². The number of carbonyl (C=O) groups excluding carboxylic acids is 1. The fourth-order valence-corrected chi connectivity index (χ4v) is 2.62. The first-order valence-corrected chi connectivity index (χ1v) is 6.77. The number of nitrogens with zero attached hydrogens (tertiary/aromatic N) is 3. The summed E-state index contributed by atoms with van der Waals surface area (Å²) in [6, 6.07) is 1.93. The van der Waals surface area contributed by atoms with Crippen LogP contribution in [0, 0.1) is 5.92 Å². The molecular weight excluding hydrogens is 250 g/mol. The van der Waals surface area contributed by atoms with Gasteiger partial charge >= 0.3 is 0 Å². The second-order valence-corrected chi connectivity index (χ2v) is 5.32. The lowest BCUT2D eigenvalue weighted by Crippen LogP contribution is -2.49. The van der Waals surface area contributed by atoms with Crippen LogP contribution in [0.2, 0.25) is 5.02 Å². The highest BCUT2D eigenvalue weighted by Gasteiger charge is 2.34. The summed E-state index contributed by atoms with van der Waals surface area (Å²) >= 11 is 6.13. The molecular formula is C13H16ClN3O. The minimum Gasteiger partial charge on any atom is -0.367 e. The van der Waals surface area contributed by atoms with Gasteiger partial charge in [0.25, 0.3) is 0 Å². The summed E-state index contributed by atoms with van der Waals surface area (Å²) in [5, 5.41) is 0.680. The first-order chi connectivity index (χ1) is 8.75. The molecule has 0 radical (unpaired) electrons. The molecule has 0 N–H and O–H groups in total. The highest BCUT2D eigenvalue weighted by molar-refractivity contribution is 6.33. The minimum absolute atomic E-state index is 0.320. The van der Waals surface area contributed by atoms with Gasteiger partial charge in [0.1, 0.15) is 0 Å². The molecule has 96 valence electrons. The van der Waals surface area contributed by atoms with Crippen molar-refractivity contribution in [1.82, 2.24) is 9.88 Å². The third-order valence-electron chi connectivity index (χ3n) is 3.61. The molecule has 2 aliphatic rings. The molecule has 2 fully saturated rings. The van der Waals surface area contributed by atoms with Gasteiger partial charge < -0.3 is 9.80 Å². The smallest absolute Gasteiger partial charge is 0.225 e. The molecule has 4 nitrogen and oxygen atoms in total. The van der Waals surface area contributed by atoms with Crippen LogP contribution in [0.1, 0.15) is 12.8 Å². The molecule has 0 atom stereocenters. The van der Waals surface area contributed by atoms with Crippen LogP contribution >= 0.6 is 11.6 Å². The monoisotopic (exact) mass is 265 g/mol. The van der Waals surface area contributed by atoms with Crippen molar-refractivity contribution in [3.8, 4) is 0 Å². The molecule has 5 heteroatoms. The highest BCUT2D eigenvalue weighted by Crippen LogP contribution is 2.32. The zero-order chi connectivity index (χ0) is 12.5. The van der Waals surface area contributed by atoms with Crippen LogP contribution in [0.4, 0.5) is 5.69 Å². The van der Waals surface area contributed by atoms with Gasteiger partial charge in [-0.15, -0.1) is 0 Å². The third-order valence-corrected chi connectivity index (χ3v) is 3.90. The van der Waals surface area contributed by atoms with Crippen LogP contribution in [-0.4, -0.2) is 42.0 Å². The van der Waals surface area contributed by atoms with Gasteiger partial charge in [0.2, 0.25) is 5.91 Å². The molecule has 18 heavy (non-hydrogen) atoms. The molecule has 1 saturated heterocycles. The number of hydrogen-bond donors (Lipinski definition) is 0. The molecule has 3 rings (SSSR count). The molecule has 0 aromatic carbocycles. The second-order valence-electron chi connectivity index (χ2n) is 4.91. The van der Waals surface area contributed by atoms with E-state index in [1.807, 2.05) is 11.0 Å². The standard InChI is InChI=1S/C13H16ClN3O/c14-11-9-15-4-3-12(11)16-5-7-17(8-6-16)13(18)10-1-2-10/h3-4,9-10H,1-2,5-8H2. The van der Waals surface area contributed by atoms with E-state index in [1.165, 1.54) is 0 Å². The van der Waals surface area contributed by atoms with E-state index < -0.39 is 0 Å². The van der Waals surface area contributed by atoms with Crippen LogP contribution in [0.5, 0.6) is 0 Å². The van der Waals surface area contributed by atoms with Crippen LogP contribution < -0.4 is 4.90 Å². The molecule has 1 aliphatic heterocycles. The van der Waals surface area contributed by atoms with Crippen molar-refractivity contribution in [3.63, 3.8) is 0 Å². The number of rotatable bonds is 2. The van der Waals surface area contributed by atoms with E-state index in [9.17, 15) is 4.79 Å². The molecule has 1 aliphatic carbocycles. The largest absolute Gasteiger partial charge is 0.367 e. The fourth-order valence-electron chi connectivity index (χ4n) is 2.38. The lowest BCUT2D eigenvalue weighted by Gasteiger charge is -2.36. The van der Waals surface area contributed by atoms with E-state index in [2.05, 4.69) is 9.88 Å². The van der Waals surface area contributed by atoms with Crippen molar-refractivity contribution >= 4 is 23.2 Å². The van der Waals surface area contributed by atoms with Crippen LogP contribution in [0.25, 0.3) is 0 Å². The fraction of sp³-hybridized carbons (Fsp3) is 0.538. The Bertz CT molecular complexity index is 453. The minimum atomic E-state index is 0.320. The Hall–Kier alpha value is -1.29. The normalized spacial score (nSPS) is 20.1. The molecule has 1 aromatic rings. The number of hydrogen-bond acceptors (Lipinski definition) is 3.